The Balaban J connectivity index is 1.59. The van der Waals surface area contributed by atoms with E-state index in [1.54, 1.807) is 0 Å². The first-order valence-electron chi connectivity index (χ1n) is 16.1. The van der Waals surface area contributed by atoms with Crippen LogP contribution in [0.15, 0.2) is 97.1 Å². The van der Waals surface area contributed by atoms with Gasteiger partial charge in [0.25, 0.3) is 0 Å². The van der Waals surface area contributed by atoms with Gasteiger partial charge in [0.2, 0.25) is 0 Å². The van der Waals surface area contributed by atoms with Crippen LogP contribution in [0.4, 0.5) is 0 Å². The third-order valence-electron chi connectivity index (χ3n) is 8.17. The molecule has 0 unspecified atom stereocenters. The van der Waals surface area contributed by atoms with E-state index in [0.29, 0.717) is 39.3 Å². The van der Waals surface area contributed by atoms with Gasteiger partial charge < -0.3 is 18.9 Å². The first kappa shape index (κ1) is 30.9. The molecule has 0 aromatic heterocycles. The molecule has 0 atom stereocenters. The van der Waals surface area contributed by atoms with Gasteiger partial charge in [-0.15, -0.1) is 0 Å². The van der Waals surface area contributed by atoms with Crippen molar-refractivity contribution in [1.29, 1.82) is 0 Å². The van der Waals surface area contributed by atoms with E-state index >= 15 is 0 Å². The highest BCUT2D eigenvalue weighted by molar-refractivity contribution is 6.24. The van der Waals surface area contributed by atoms with Crippen molar-refractivity contribution in [3.63, 3.8) is 0 Å². The molecule has 0 aliphatic carbocycles. The van der Waals surface area contributed by atoms with Gasteiger partial charge in [0, 0.05) is 34.7 Å². The largest absolute Gasteiger partial charge is 0.492 e. The van der Waals surface area contributed by atoms with Crippen LogP contribution in [0.5, 0.6) is 11.5 Å². The molecule has 0 aliphatic heterocycles. The Morgan fingerprint density at radius 2 is 0.761 bits per heavy atom. The fourth-order valence-corrected chi connectivity index (χ4v) is 6.26. The lowest BCUT2D eigenvalue weighted by Gasteiger charge is -2.23. The van der Waals surface area contributed by atoms with Gasteiger partial charge in [-0.3, -0.25) is 9.59 Å². The summed E-state index contributed by atoms with van der Waals surface area (Å²) in [5.41, 5.74) is 1.88. The molecule has 6 heteroatoms. The summed E-state index contributed by atoms with van der Waals surface area (Å²) in [5, 5.41) is 8.44. The van der Waals surface area contributed by atoms with Crippen molar-refractivity contribution in [3.05, 3.63) is 97.1 Å². The van der Waals surface area contributed by atoms with Crippen LogP contribution in [0.3, 0.4) is 0 Å². The highest BCUT2D eigenvalue weighted by Gasteiger charge is 2.25. The van der Waals surface area contributed by atoms with Crippen molar-refractivity contribution < 1.29 is 28.5 Å². The minimum atomic E-state index is -0.228. The zero-order valence-corrected chi connectivity index (χ0v) is 26.3. The van der Waals surface area contributed by atoms with E-state index in [1.165, 1.54) is 0 Å². The third-order valence-corrected chi connectivity index (χ3v) is 8.17. The van der Waals surface area contributed by atoms with Crippen LogP contribution in [0, 0.1) is 0 Å². The number of hydrogen-bond donors (Lipinski definition) is 0. The minimum absolute atomic E-state index is 0.228. The zero-order valence-electron chi connectivity index (χ0n) is 26.3. The van der Waals surface area contributed by atoms with Crippen LogP contribution in [-0.4, -0.2) is 38.4 Å². The van der Waals surface area contributed by atoms with Gasteiger partial charge in [0.15, 0.2) is 0 Å². The Bertz CT molecular complexity index is 1880. The normalized spacial score (nSPS) is 11.3. The van der Waals surface area contributed by atoms with Gasteiger partial charge in [-0.2, -0.15) is 0 Å². The van der Waals surface area contributed by atoms with Gasteiger partial charge in [-0.05, 0) is 59.0 Å². The predicted octanol–water partition coefficient (Wildman–Crippen LogP) is 9.41. The second kappa shape index (κ2) is 14.3. The molecule has 0 bridgehead atoms. The van der Waals surface area contributed by atoms with Crippen molar-refractivity contribution in [3.8, 4) is 22.6 Å². The lowest BCUT2D eigenvalue weighted by molar-refractivity contribution is -0.144. The van der Waals surface area contributed by atoms with Gasteiger partial charge in [-0.25, -0.2) is 0 Å². The van der Waals surface area contributed by atoms with E-state index in [9.17, 15) is 9.59 Å². The van der Waals surface area contributed by atoms with Gasteiger partial charge in [0.05, 0.1) is 26.4 Å². The number of carbonyl (C=O) groups is 2. The lowest BCUT2D eigenvalue weighted by Crippen LogP contribution is -2.08. The molecule has 6 aromatic carbocycles. The lowest BCUT2D eigenvalue weighted by atomic mass is 9.87. The van der Waals surface area contributed by atoms with E-state index in [4.69, 9.17) is 18.9 Å². The molecule has 46 heavy (non-hydrogen) atoms. The van der Waals surface area contributed by atoms with Gasteiger partial charge >= 0.3 is 11.9 Å². The summed E-state index contributed by atoms with van der Waals surface area (Å²) in [5.74, 6) is 1.03. The molecular formula is C40H38O6. The number of ether oxygens (including phenoxy) is 4. The Hall–Kier alpha value is -5.10. The molecule has 6 rings (SSSR count). The van der Waals surface area contributed by atoms with E-state index in [-0.39, 0.29) is 24.8 Å². The van der Waals surface area contributed by atoms with E-state index < -0.39 is 0 Å². The maximum absolute atomic E-state index is 12.1. The highest BCUT2D eigenvalue weighted by Crippen LogP contribution is 2.52. The SMILES string of the molecule is CCOC(=O)CCCOc1c(-c2c(OCCCC(=O)OCC)c3ccccc3c3ccccc23)c2ccccc2c2ccccc12. The number of hydrogen-bond acceptors (Lipinski definition) is 6. The van der Waals surface area contributed by atoms with Gasteiger partial charge in [0.1, 0.15) is 11.5 Å². The van der Waals surface area contributed by atoms with Gasteiger partial charge in [-0.1, -0.05) is 97.1 Å². The maximum atomic E-state index is 12.1. The zero-order chi connectivity index (χ0) is 31.9. The molecule has 234 valence electrons. The smallest absolute Gasteiger partial charge is 0.305 e. The number of rotatable bonds is 13. The molecule has 0 radical (unpaired) electrons. The summed E-state index contributed by atoms with van der Waals surface area (Å²) < 4.78 is 23.7. The first-order chi connectivity index (χ1) is 22.6. The van der Waals surface area contributed by atoms with Crippen molar-refractivity contribution in [2.24, 2.45) is 0 Å². The van der Waals surface area contributed by atoms with E-state index in [2.05, 4.69) is 60.7 Å². The Labute approximate surface area is 268 Å². The molecule has 6 nitrogen and oxygen atoms in total. The average Bonchev–Trinajstić information content (AvgIpc) is 3.09. The summed E-state index contributed by atoms with van der Waals surface area (Å²) in [6.45, 7) is 5.02. The summed E-state index contributed by atoms with van der Waals surface area (Å²) in [4.78, 5) is 24.3. The second-order valence-electron chi connectivity index (χ2n) is 11.1. The Morgan fingerprint density at radius 3 is 1.11 bits per heavy atom. The van der Waals surface area contributed by atoms with E-state index in [1.807, 2.05) is 50.2 Å². The monoisotopic (exact) mass is 614 g/mol. The van der Waals surface area contributed by atoms with Crippen LogP contribution in [0.1, 0.15) is 39.5 Å². The third kappa shape index (κ3) is 6.20. The average molecular weight is 615 g/mol. The Morgan fingerprint density at radius 1 is 0.457 bits per heavy atom. The number of fused-ring (bicyclic) bond motifs is 6. The van der Waals surface area contributed by atoms with Crippen LogP contribution in [0.2, 0.25) is 0 Å². The number of carbonyl (C=O) groups excluding carboxylic acids is 2. The molecule has 0 amide bonds. The van der Waals surface area contributed by atoms with Crippen molar-refractivity contribution in [1.82, 2.24) is 0 Å². The molecule has 0 saturated carbocycles. The highest BCUT2D eigenvalue weighted by atomic mass is 16.5. The van der Waals surface area contributed by atoms with Crippen LogP contribution in [0.25, 0.3) is 54.2 Å². The molecule has 0 aliphatic rings. The van der Waals surface area contributed by atoms with Crippen molar-refractivity contribution in [2.75, 3.05) is 26.4 Å². The topological polar surface area (TPSA) is 71.1 Å². The fraction of sp³-hybridized carbons (Fsp3) is 0.250. The summed E-state index contributed by atoms with van der Waals surface area (Å²) in [6.07, 6.45) is 1.61. The molecular weight excluding hydrogens is 576 g/mol. The Kier molecular flexibility index (Phi) is 9.63. The second-order valence-corrected chi connectivity index (χ2v) is 11.1. The molecule has 0 saturated heterocycles. The summed E-state index contributed by atoms with van der Waals surface area (Å²) in [7, 11) is 0. The first-order valence-corrected chi connectivity index (χ1v) is 16.1. The quantitative estimate of drug-likeness (QED) is 0.0733. The molecule has 0 fully saturated rings. The molecule has 0 spiro atoms. The molecule has 6 aromatic rings. The van der Waals surface area contributed by atoms with Crippen LogP contribution in [-0.2, 0) is 19.1 Å². The minimum Gasteiger partial charge on any atom is -0.492 e. The standard InChI is InChI=1S/C40H38O6/c1-3-43-35(41)23-13-25-45-39-33-21-11-7-17-29(33)27-15-5-9-19-31(27)37(39)38-32-20-10-6-16-28(32)30-18-8-12-22-34(30)40(38)46-26-14-24-36(42)44-4-2/h5-12,15-22H,3-4,13-14,23-26H2,1-2H3. The number of esters is 2. The van der Waals surface area contributed by atoms with Crippen molar-refractivity contribution in [2.45, 2.75) is 39.5 Å². The summed E-state index contributed by atoms with van der Waals surface area (Å²) >= 11 is 0. The number of benzene rings is 6. The molecule has 0 heterocycles. The fourth-order valence-electron chi connectivity index (χ4n) is 6.26. The molecule has 0 N–H and O–H groups in total. The van der Waals surface area contributed by atoms with Crippen molar-refractivity contribution >= 4 is 55.0 Å². The van der Waals surface area contributed by atoms with Crippen LogP contribution >= 0.6 is 0 Å². The summed E-state index contributed by atoms with van der Waals surface area (Å²) in [6, 6.07) is 33.4. The maximum Gasteiger partial charge on any atom is 0.305 e. The predicted molar refractivity (Wildman–Crippen MR) is 185 cm³/mol. The van der Waals surface area contributed by atoms with E-state index in [0.717, 1.165) is 65.7 Å². The van der Waals surface area contributed by atoms with Crippen LogP contribution < -0.4 is 9.47 Å².